The predicted molar refractivity (Wildman–Crippen MR) is 151 cm³/mol. The molecule has 0 saturated heterocycles. The van der Waals surface area contributed by atoms with Gasteiger partial charge in [0, 0.05) is 6.54 Å². The second-order valence-corrected chi connectivity index (χ2v) is 11.4. The Bertz CT molecular complexity index is 1750. The molecular formula is C31H29N3O3S. The van der Waals surface area contributed by atoms with Gasteiger partial charge in [-0.05, 0) is 62.7 Å². The fourth-order valence-electron chi connectivity index (χ4n) is 4.54. The van der Waals surface area contributed by atoms with Crippen LogP contribution in [0.3, 0.4) is 0 Å². The van der Waals surface area contributed by atoms with Crippen LogP contribution in [0.25, 0.3) is 16.6 Å². The molecule has 0 N–H and O–H groups in total. The molecule has 4 aromatic carbocycles. The Labute approximate surface area is 222 Å². The molecule has 0 aliphatic carbocycles. The van der Waals surface area contributed by atoms with E-state index in [2.05, 4.69) is 0 Å². The summed E-state index contributed by atoms with van der Waals surface area (Å²) in [6.07, 6.45) is 0. The molecule has 0 saturated carbocycles. The summed E-state index contributed by atoms with van der Waals surface area (Å²) in [5, 5.41) is 0.472. The highest BCUT2D eigenvalue weighted by atomic mass is 32.2. The van der Waals surface area contributed by atoms with E-state index in [0.29, 0.717) is 22.4 Å². The van der Waals surface area contributed by atoms with Gasteiger partial charge >= 0.3 is 0 Å². The lowest BCUT2D eigenvalue weighted by Gasteiger charge is -2.30. The molecule has 192 valence electrons. The van der Waals surface area contributed by atoms with E-state index in [1.54, 1.807) is 49.4 Å². The summed E-state index contributed by atoms with van der Waals surface area (Å²) in [5.74, 6) is 0.351. The quantitative estimate of drug-likeness (QED) is 0.264. The van der Waals surface area contributed by atoms with Crippen molar-refractivity contribution in [3.05, 3.63) is 136 Å². The van der Waals surface area contributed by atoms with E-state index in [0.717, 1.165) is 16.7 Å². The fraction of sp³-hybridized carbons (Fsp3) is 0.161. The normalized spacial score (nSPS) is 12.6. The summed E-state index contributed by atoms with van der Waals surface area (Å²) in [5.41, 5.74) is 3.77. The summed E-state index contributed by atoms with van der Waals surface area (Å²) < 4.78 is 31.2. The first-order valence-electron chi connectivity index (χ1n) is 12.5. The van der Waals surface area contributed by atoms with Crippen LogP contribution in [0.1, 0.15) is 35.5 Å². The van der Waals surface area contributed by atoms with Gasteiger partial charge < -0.3 is 0 Å². The summed E-state index contributed by atoms with van der Waals surface area (Å²) in [6, 6.07) is 30.2. The number of rotatable bonds is 7. The highest BCUT2D eigenvalue weighted by molar-refractivity contribution is 7.89. The Morgan fingerprint density at radius 2 is 1.37 bits per heavy atom. The van der Waals surface area contributed by atoms with Crippen molar-refractivity contribution in [2.24, 2.45) is 0 Å². The summed E-state index contributed by atoms with van der Waals surface area (Å²) in [6.45, 7) is 5.80. The highest BCUT2D eigenvalue weighted by Crippen LogP contribution is 2.30. The minimum absolute atomic E-state index is 0.120. The van der Waals surface area contributed by atoms with Gasteiger partial charge in [-0.25, -0.2) is 13.4 Å². The molecule has 1 aromatic heterocycles. The number of sulfonamides is 1. The molecule has 5 aromatic rings. The first-order valence-corrected chi connectivity index (χ1v) is 13.9. The van der Waals surface area contributed by atoms with Gasteiger partial charge in [-0.1, -0.05) is 77.9 Å². The molecule has 6 nitrogen and oxygen atoms in total. The summed E-state index contributed by atoms with van der Waals surface area (Å²) in [4.78, 5) is 18.9. The van der Waals surface area contributed by atoms with Crippen molar-refractivity contribution >= 4 is 20.9 Å². The van der Waals surface area contributed by atoms with Crippen molar-refractivity contribution in [3.8, 4) is 5.69 Å². The van der Waals surface area contributed by atoms with Crippen LogP contribution in [0.4, 0.5) is 0 Å². The van der Waals surface area contributed by atoms with E-state index >= 15 is 0 Å². The topological polar surface area (TPSA) is 72.3 Å². The molecule has 5 rings (SSSR count). The van der Waals surface area contributed by atoms with Crippen molar-refractivity contribution in [1.29, 1.82) is 0 Å². The van der Waals surface area contributed by atoms with Crippen molar-refractivity contribution < 1.29 is 8.42 Å². The van der Waals surface area contributed by atoms with Crippen molar-refractivity contribution in [3.63, 3.8) is 0 Å². The number of hydrogen-bond acceptors (Lipinski definition) is 4. The number of fused-ring (bicyclic) bond motifs is 1. The SMILES string of the molecule is Cc1ccc(-n2c(C(C)N(Cc3ccccc3)S(=O)(=O)c3ccc(C)cc3)nc3ccccc3c2=O)cc1. The maximum absolute atomic E-state index is 14.1. The molecule has 0 spiro atoms. The summed E-state index contributed by atoms with van der Waals surface area (Å²) in [7, 11) is -3.96. The molecule has 1 atom stereocenters. The maximum atomic E-state index is 14.1. The van der Waals surface area contributed by atoms with Crippen LogP contribution in [-0.4, -0.2) is 22.3 Å². The lowest BCUT2D eigenvalue weighted by molar-refractivity contribution is 0.321. The van der Waals surface area contributed by atoms with Crippen LogP contribution in [0, 0.1) is 13.8 Å². The maximum Gasteiger partial charge on any atom is 0.266 e. The Morgan fingerprint density at radius 3 is 2.03 bits per heavy atom. The number of aromatic nitrogens is 2. The van der Waals surface area contributed by atoms with E-state index in [1.807, 2.05) is 74.5 Å². The zero-order valence-corrected chi connectivity index (χ0v) is 22.4. The van der Waals surface area contributed by atoms with Crippen molar-refractivity contribution in [1.82, 2.24) is 13.9 Å². The van der Waals surface area contributed by atoms with Crippen LogP contribution in [0.5, 0.6) is 0 Å². The number of aryl methyl sites for hydroxylation is 2. The first-order chi connectivity index (χ1) is 18.3. The van der Waals surface area contributed by atoms with Crippen LogP contribution in [0.15, 0.2) is 113 Å². The van der Waals surface area contributed by atoms with Crippen molar-refractivity contribution in [2.75, 3.05) is 0 Å². The second kappa shape index (κ2) is 10.4. The molecule has 1 heterocycles. The Morgan fingerprint density at radius 1 is 0.789 bits per heavy atom. The smallest absolute Gasteiger partial charge is 0.266 e. The largest absolute Gasteiger partial charge is 0.268 e. The number of hydrogen-bond donors (Lipinski definition) is 0. The van der Waals surface area contributed by atoms with Gasteiger partial charge in [0.2, 0.25) is 10.0 Å². The number of para-hydroxylation sites is 1. The molecule has 38 heavy (non-hydrogen) atoms. The van der Waals surface area contributed by atoms with E-state index in [9.17, 15) is 13.2 Å². The van der Waals surface area contributed by atoms with Gasteiger partial charge in [0.1, 0.15) is 5.82 Å². The van der Waals surface area contributed by atoms with E-state index < -0.39 is 16.1 Å². The van der Waals surface area contributed by atoms with Gasteiger partial charge in [0.25, 0.3) is 5.56 Å². The van der Waals surface area contributed by atoms with Crippen LogP contribution >= 0.6 is 0 Å². The van der Waals surface area contributed by atoms with Crippen LogP contribution in [-0.2, 0) is 16.6 Å². The average molecular weight is 524 g/mol. The van der Waals surface area contributed by atoms with E-state index in [-0.39, 0.29) is 17.0 Å². The monoisotopic (exact) mass is 523 g/mol. The standard InChI is InChI=1S/C31H29N3O3S/c1-22-13-17-26(18-14-22)34-30(32-29-12-8-7-11-28(29)31(34)35)24(3)33(21-25-9-5-4-6-10-25)38(36,37)27-19-15-23(2)16-20-27/h4-20,24H,21H2,1-3H3. The van der Waals surface area contributed by atoms with Crippen LogP contribution < -0.4 is 5.56 Å². The van der Waals surface area contributed by atoms with Gasteiger partial charge in [-0.15, -0.1) is 0 Å². The molecule has 0 radical (unpaired) electrons. The second-order valence-electron chi connectivity index (χ2n) is 9.49. The number of benzene rings is 4. The molecular weight excluding hydrogens is 494 g/mol. The molecule has 0 aliphatic heterocycles. The Hall–Kier alpha value is -4.07. The lowest BCUT2D eigenvalue weighted by atomic mass is 10.1. The Balaban J connectivity index is 1.74. The van der Waals surface area contributed by atoms with Gasteiger partial charge in [0.05, 0.1) is 27.5 Å². The predicted octanol–water partition coefficient (Wildman–Crippen LogP) is 5.95. The first kappa shape index (κ1) is 25.6. The molecule has 1 unspecified atom stereocenters. The third kappa shape index (κ3) is 4.90. The summed E-state index contributed by atoms with van der Waals surface area (Å²) >= 11 is 0. The Kier molecular flexibility index (Phi) is 6.97. The van der Waals surface area contributed by atoms with Gasteiger partial charge in [-0.3, -0.25) is 9.36 Å². The molecule has 0 aliphatic rings. The lowest BCUT2D eigenvalue weighted by Crippen LogP contribution is -2.37. The van der Waals surface area contributed by atoms with Gasteiger partial charge in [0.15, 0.2) is 0 Å². The third-order valence-corrected chi connectivity index (χ3v) is 8.64. The van der Waals surface area contributed by atoms with Crippen molar-refractivity contribution in [2.45, 2.75) is 38.3 Å². The zero-order valence-electron chi connectivity index (χ0n) is 21.6. The van der Waals surface area contributed by atoms with E-state index in [1.165, 1.54) is 8.87 Å². The highest BCUT2D eigenvalue weighted by Gasteiger charge is 2.33. The minimum Gasteiger partial charge on any atom is -0.268 e. The molecule has 0 fully saturated rings. The minimum atomic E-state index is -3.96. The van der Waals surface area contributed by atoms with Crippen LogP contribution in [0.2, 0.25) is 0 Å². The van der Waals surface area contributed by atoms with E-state index in [4.69, 9.17) is 4.98 Å². The molecule has 7 heteroatoms. The molecule has 0 bridgehead atoms. The zero-order chi connectivity index (χ0) is 26.9. The van der Waals surface area contributed by atoms with Gasteiger partial charge in [-0.2, -0.15) is 4.31 Å². The fourth-order valence-corrected chi connectivity index (χ4v) is 6.12. The average Bonchev–Trinajstić information content (AvgIpc) is 2.93. The number of nitrogens with zero attached hydrogens (tertiary/aromatic N) is 3. The molecule has 0 amide bonds. The third-order valence-electron chi connectivity index (χ3n) is 6.71.